The van der Waals surface area contributed by atoms with Gasteiger partial charge in [0.1, 0.15) is 0 Å². The Bertz CT molecular complexity index is 366. The van der Waals surface area contributed by atoms with Crippen LogP contribution >= 0.6 is 11.6 Å². The minimum absolute atomic E-state index is 0.0798. The first-order chi connectivity index (χ1) is 7.50. The molecule has 0 saturated carbocycles. The van der Waals surface area contributed by atoms with Gasteiger partial charge in [-0.25, -0.2) is 0 Å². The van der Waals surface area contributed by atoms with Gasteiger partial charge < -0.3 is 10.4 Å². The van der Waals surface area contributed by atoms with Crippen molar-refractivity contribution in [2.45, 2.75) is 32.4 Å². The second-order valence-corrected chi connectivity index (χ2v) is 4.35. The van der Waals surface area contributed by atoms with Crippen molar-refractivity contribution in [1.82, 2.24) is 5.32 Å². The van der Waals surface area contributed by atoms with Gasteiger partial charge in [-0.15, -0.1) is 0 Å². The Morgan fingerprint density at radius 1 is 1.44 bits per heavy atom. The molecule has 1 rings (SSSR count). The number of carbonyl (C=O) groups is 1. The standard InChI is InChI=1S/C12H16ClNO2/c1-8(7-9(2)15)14-12(16)10-5-3-4-6-11(10)13/h3-6,8-9,15H,7H2,1-2H3,(H,14,16). The number of rotatable bonds is 4. The third-order valence-corrected chi connectivity index (χ3v) is 2.52. The Hall–Kier alpha value is -1.06. The van der Waals surface area contributed by atoms with E-state index in [4.69, 9.17) is 11.6 Å². The second-order valence-electron chi connectivity index (χ2n) is 3.94. The Balaban J connectivity index is 2.63. The van der Waals surface area contributed by atoms with Crippen LogP contribution in [0, 0.1) is 0 Å². The summed E-state index contributed by atoms with van der Waals surface area (Å²) in [5.41, 5.74) is 0.460. The lowest BCUT2D eigenvalue weighted by Gasteiger charge is -2.15. The molecule has 0 aliphatic rings. The van der Waals surface area contributed by atoms with E-state index in [0.29, 0.717) is 17.0 Å². The molecule has 0 saturated heterocycles. The predicted molar refractivity (Wildman–Crippen MR) is 64.7 cm³/mol. The number of carbonyl (C=O) groups excluding carboxylic acids is 1. The van der Waals surface area contributed by atoms with E-state index in [1.807, 2.05) is 6.92 Å². The van der Waals surface area contributed by atoms with Crippen LogP contribution in [0.4, 0.5) is 0 Å². The van der Waals surface area contributed by atoms with Gasteiger partial charge in [0.15, 0.2) is 0 Å². The van der Waals surface area contributed by atoms with Crippen LogP contribution in [-0.2, 0) is 0 Å². The molecule has 16 heavy (non-hydrogen) atoms. The average Bonchev–Trinajstić information content (AvgIpc) is 2.16. The van der Waals surface area contributed by atoms with E-state index < -0.39 is 6.10 Å². The maximum atomic E-state index is 11.8. The van der Waals surface area contributed by atoms with Gasteiger partial charge in [0.25, 0.3) is 5.91 Å². The SMILES string of the molecule is CC(O)CC(C)NC(=O)c1ccccc1Cl. The summed E-state index contributed by atoms with van der Waals surface area (Å²) in [6, 6.07) is 6.81. The zero-order valence-corrected chi connectivity index (χ0v) is 10.2. The zero-order valence-electron chi connectivity index (χ0n) is 9.40. The number of aliphatic hydroxyl groups excluding tert-OH is 1. The summed E-state index contributed by atoms with van der Waals surface area (Å²) in [7, 11) is 0. The van der Waals surface area contributed by atoms with Gasteiger partial charge in [-0.2, -0.15) is 0 Å². The van der Waals surface area contributed by atoms with Crippen molar-refractivity contribution in [3.05, 3.63) is 34.9 Å². The van der Waals surface area contributed by atoms with Crippen molar-refractivity contribution in [3.63, 3.8) is 0 Å². The van der Waals surface area contributed by atoms with Crippen molar-refractivity contribution in [3.8, 4) is 0 Å². The fraction of sp³-hybridized carbons (Fsp3) is 0.417. The van der Waals surface area contributed by atoms with E-state index in [1.54, 1.807) is 31.2 Å². The van der Waals surface area contributed by atoms with Crippen LogP contribution in [0.5, 0.6) is 0 Å². The van der Waals surface area contributed by atoms with Gasteiger partial charge in [0, 0.05) is 6.04 Å². The second kappa shape index (κ2) is 5.87. The summed E-state index contributed by atoms with van der Waals surface area (Å²) in [5.74, 6) is -0.209. The normalized spacial score (nSPS) is 14.2. The number of aliphatic hydroxyl groups is 1. The van der Waals surface area contributed by atoms with Gasteiger partial charge in [0.2, 0.25) is 0 Å². The average molecular weight is 242 g/mol. The predicted octanol–water partition coefficient (Wildman–Crippen LogP) is 2.23. The monoisotopic (exact) mass is 241 g/mol. The molecule has 0 radical (unpaired) electrons. The first kappa shape index (κ1) is 13.0. The van der Waals surface area contributed by atoms with E-state index >= 15 is 0 Å². The molecule has 1 aromatic carbocycles. The highest BCUT2D eigenvalue weighted by molar-refractivity contribution is 6.33. The molecule has 0 bridgehead atoms. The quantitative estimate of drug-likeness (QED) is 0.849. The molecule has 0 aliphatic carbocycles. The first-order valence-electron chi connectivity index (χ1n) is 5.24. The molecule has 2 unspecified atom stereocenters. The Kier molecular flexibility index (Phi) is 4.77. The summed E-state index contributed by atoms with van der Waals surface area (Å²) in [5, 5.41) is 12.4. The smallest absolute Gasteiger partial charge is 0.253 e. The van der Waals surface area contributed by atoms with E-state index in [1.165, 1.54) is 0 Å². The molecular formula is C12H16ClNO2. The molecule has 0 aliphatic heterocycles. The van der Waals surface area contributed by atoms with Crippen LogP contribution in [-0.4, -0.2) is 23.2 Å². The Labute approximate surface area is 100 Å². The summed E-state index contributed by atoms with van der Waals surface area (Å²) in [6.45, 7) is 3.54. The number of halogens is 1. The molecule has 88 valence electrons. The van der Waals surface area contributed by atoms with Gasteiger partial charge in [-0.05, 0) is 32.4 Å². The fourth-order valence-corrected chi connectivity index (χ4v) is 1.74. The third kappa shape index (κ3) is 3.83. The maximum absolute atomic E-state index is 11.8. The molecule has 0 spiro atoms. The van der Waals surface area contributed by atoms with Crippen molar-refractivity contribution < 1.29 is 9.90 Å². The number of nitrogens with one attached hydrogen (secondary N) is 1. The molecule has 0 aromatic heterocycles. The lowest BCUT2D eigenvalue weighted by Crippen LogP contribution is -2.34. The number of amides is 1. The summed E-state index contributed by atoms with van der Waals surface area (Å²) in [6.07, 6.45) is 0.0949. The van der Waals surface area contributed by atoms with Crippen LogP contribution in [0.1, 0.15) is 30.6 Å². The lowest BCUT2D eigenvalue weighted by atomic mass is 10.1. The highest BCUT2D eigenvalue weighted by atomic mass is 35.5. The molecule has 1 amide bonds. The third-order valence-electron chi connectivity index (χ3n) is 2.19. The van der Waals surface area contributed by atoms with Crippen molar-refractivity contribution in [2.24, 2.45) is 0 Å². The minimum atomic E-state index is -0.429. The summed E-state index contributed by atoms with van der Waals surface area (Å²) in [4.78, 5) is 11.8. The number of benzene rings is 1. The van der Waals surface area contributed by atoms with Crippen molar-refractivity contribution in [1.29, 1.82) is 0 Å². The van der Waals surface area contributed by atoms with E-state index in [9.17, 15) is 9.90 Å². The molecule has 4 heteroatoms. The molecule has 2 N–H and O–H groups in total. The fourth-order valence-electron chi connectivity index (χ4n) is 1.52. The van der Waals surface area contributed by atoms with Gasteiger partial charge >= 0.3 is 0 Å². The van der Waals surface area contributed by atoms with E-state index in [-0.39, 0.29) is 11.9 Å². The number of hydrogen-bond donors (Lipinski definition) is 2. The Morgan fingerprint density at radius 2 is 2.06 bits per heavy atom. The molecule has 1 aromatic rings. The number of hydrogen-bond acceptors (Lipinski definition) is 2. The van der Waals surface area contributed by atoms with Crippen LogP contribution in [0.3, 0.4) is 0 Å². The van der Waals surface area contributed by atoms with Crippen LogP contribution in [0.25, 0.3) is 0 Å². The minimum Gasteiger partial charge on any atom is -0.393 e. The molecule has 3 nitrogen and oxygen atoms in total. The van der Waals surface area contributed by atoms with Gasteiger partial charge in [0.05, 0.1) is 16.7 Å². The zero-order chi connectivity index (χ0) is 12.1. The largest absolute Gasteiger partial charge is 0.393 e. The first-order valence-corrected chi connectivity index (χ1v) is 5.62. The van der Waals surface area contributed by atoms with Crippen LogP contribution in [0.2, 0.25) is 5.02 Å². The topological polar surface area (TPSA) is 49.3 Å². The van der Waals surface area contributed by atoms with Gasteiger partial charge in [-0.1, -0.05) is 23.7 Å². The van der Waals surface area contributed by atoms with Crippen LogP contribution in [0.15, 0.2) is 24.3 Å². The highest BCUT2D eigenvalue weighted by Gasteiger charge is 2.13. The lowest BCUT2D eigenvalue weighted by molar-refractivity contribution is 0.0923. The molecule has 0 heterocycles. The van der Waals surface area contributed by atoms with E-state index in [0.717, 1.165) is 0 Å². The van der Waals surface area contributed by atoms with Crippen LogP contribution < -0.4 is 5.32 Å². The molecule has 2 atom stereocenters. The van der Waals surface area contributed by atoms with Crippen molar-refractivity contribution >= 4 is 17.5 Å². The van der Waals surface area contributed by atoms with Crippen molar-refractivity contribution in [2.75, 3.05) is 0 Å². The summed E-state index contributed by atoms with van der Waals surface area (Å²) < 4.78 is 0. The molecular weight excluding hydrogens is 226 g/mol. The summed E-state index contributed by atoms with van der Waals surface area (Å²) >= 11 is 5.90. The van der Waals surface area contributed by atoms with Gasteiger partial charge in [-0.3, -0.25) is 4.79 Å². The highest BCUT2D eigenvalue weighted by Crippen LogP contribution is 2.14. The van der Waals surface area contributed by atoms with E-state index in [2.05, 4.69) is 5.32 Å². The molecule has 0 fully saturated rings. The maximum Gasteiger partial charge on any atom is 0.253 e. The Morgan fingerprint density at radius 3 is 2.62 bits per heavy atom.